The fraction of sp³-hybridized carbons (Fsp3) is 0.700. The third-order valence-corrected chi connectivity index (χ3v) is 2.62. The Labute approximate surface area is 83.9 Å². The quantitative estimate of drug-likeness (QED) is 0.642. The van der Waals surface area contributed by atoms with Crippen molar-refractivity contribution in [2.75, 3.05) is 13.7 Å². The van der Waals surface area contributed by atoms with Crippen LogP contribution in [0.1, 0.15) is 19.3 Å². The van der Waals surface area contributed by atoms with Gasteiger partial charge in [-0.3, -0.25) is 0 Å². The molecule has 1 rings (SSSR count). The highest BCUT2D eigenvalue weighted by molar-refractivity contribution is 5.86. The summed E-state index contributed by atoms with van der Waals surface area (Å²) in [7, 11) is 1.71. The van der Waals surface area contributed by atoms with Crippen molar-refractivity contribution in [1.82, 2.24) is 5.32 Å². The lowest BCUT2D eigenvalue weighted by molar-refractivity contribution is -0.132. The molecule has 0 aromatic carbocycles. The number of carboxylic acids is 1. The summed E-state index contributed by atoms with van der Waals surface area (Å²) in [6, 6.07) is 0.371. The highest BCUT2D eigenvalue weighted by atomic mass is 16.5. The second-order valence-electron chi connectivity index (χ2n) is 3.66. The van der Waals surface area contributed by atoms with Crippen molar-refractivity contribution in [1.29, 1.82) is 0 Å². The van der Waals surface area contributed by atoms with Gasteiger partial charge in [-0.1, -0.05) is 6.58 Å². The Morgan fingerprint density at radius 1 is 1.64 bits per heavy atom. The molecule has 1 aliphatic rings. The maximum atomic E-state index is 10.5. The van der Waals surface area contributed by atoms with Crippen LogP contribution in [0.2, 0.25) is 0 Å². The van der Waals surface area contributed by atoms with Gasteiger partial charge in [0.25, 0.3) is 0 Å². The highest BCUT2D eigenvalue weighted by Crippen LogP contribution is 2.21. The fourth-order valence-electron chi connectivity index (χ4n) is 1.68. The first kappa shape index (κ1) is 11.2. The highest BCUT2D eigenvalue weighted by Gasteiger charge is 2.24. The minimum Gasteiger partial charge on any atom is -0.478 e. The molecule has 1 fully saturated rings. The number of rotatable bonds is 5. The monoisotopic (exact) mass is 199 g/mol. The first-order chi connectivity index (χ1) is 6.63. The van der Waals surface area contributed by atoms with Crippen LogP contribution in [0.25, 0.3) is 0 Å². The number of hydrogen-bond acceptors (Lipinski definition) is 3. The third-order valence-electron chi connectivity index (χ3n) is 2.62. The topological polar surface area (TPSA) is 58.6 Å². The summed E-state index contributed by atoms with van der Waals surface area (Å²) in [5, 5.41) is 11.8. The van der Waals surface area contributed by atoms with E-state index >= 15 is 0 Å². The van der Waals surface area contributed by atoms with Crippen LogP contribution >= 0.6 is 0 Å². The molecule has 0 bridgehead atoms. The molecule has 0 spiro atoms. The van der Waals surface area contributed by atoms with E-state index in [1.807, 2.05) is 0 Å². The van der Waals surface area contributed by atoms with Crippen LogP contribution in [0.15, 0.2) is 12.2 Å². The Morgan fingerprint density at radius 2 is 2.36 bits per heavy atom. The lowest BCUT2D eigenvalue weighted by Gasteiger charge is -2.12. The van der Waals surface area contributed by atoms with Gasteiger partial charge in [0.2, 0.25) is 0 Å². The molecule has 0 amide bonds. The maximum Gasteiger partial charge on any atom is 0.332 e. The summed E-state index contributed by atoms with van der Waals surface area (Å²) in [4.78, 5) is 10.5. The molecule has 1 saturated carbocycles. The van der Waals surface area contributed by atoms with Gasteiger partial charge in [-0.05, 0) is 19.3 Å². The van der Waals surface area contributed by atoms with E-state index in [2.05, 4.69) is 11.9 Å². The van der Waals surface area contributed by atoms with Crippen LogP contribution in [0.3, 0.4) is 0 Å². The van der Waals surface area contributed by atoms with Gasteiger partial charge in [-0.25, -0.2) is 4.79 Å². The van der Waals surface area contributed by atoms with Gasteiger partial charge in [0.1, 0.15) is 0 Å². The summed E-state index contributed by atoms with van der Waals surface area (Å²) < 4.78 is 5.22. The number of ether oxygens (including phenoxy) is 1. The van der Waals surface area contributed by atoms with E-state index in [9.17, 15) is 4.79 Å². The van der Waals surface area contributed by atoms with Crippen molar-refractivity contribution >= 4 is 5.97 Å². The SMILES string of the molecule is C=C(CNC1CCC(OC)C1)C(=O)O. The molecule has 0 aromatic heterocycles. The average Bonchev–Trinajstić information content (AvgIpc) is 2.61. The van der Waals surface area contributed by atoms with Gasteiger partial charge in [-0.15, -0.1) is 0 Å². The Bertz CT molecular complexity index is 227. The van der Waals surface area contributed by atoms with E-state index in [-0.39, 0.29) is 5.57 Å². The normalized spacial score (nSPS) is 26.4. The number of methoxy groups -OCH3 is 1. The number of hydrogen-bond donors (Lipinski definition) is 2. The van der Waals surface area contributed by atoms with Crippen LogP contribution in [0, 0.1) is 0 Å². The summed E-state index contributed by atoms with van der Waals surface area (Å²) in [5.41, 5.74) is 0.214. The molecule has 0 aliphatic heterocycles. The fourth-order valence-corrected chi connectivity index (χ4v) is 1.68. The Kier molecular flexibility index (Phi) is 4.10. The Balaban J connectivity index is 2.20. The molecule has 80 valence electrons. The first-order valence-corrected chi connectivity index (χ1v) is 4.80. The molecule has 0 radical (unpaired) electrons. The lowest BCUT2D eigenvalue weighted by Crippen LogP contribution is -2.30. The van der Waals surface area contributed by atoms with Crippen LogP contribution in [0.5, 0.6) is 0 Å². The van der Waals surface area contributed by atoms with E-state index in [0.29, 0.717) is 18.7 Å². The van der Waals surface area contributed by atoms with Crippen molar-refractivity contribution in [3.63, 3.8) is 0 Å². The molecule has 1 aliphatic carbocycles. The summed E-state index contributed by atoms with van der Waals surface area (Å²) in [5.74, 6) is -0.932. The van der Waals surface area contributed by atoms with Gasteiger partial charge in [0, 0.05) is 25.3 Å². The van der Waals surface area contributed by atoms with E-state index in [0.717, 1.165) is 19.3 Å². The van der Waals surface area contributed by atoms with E-state index in [4.69, 9.17) is 9.84 Å². The van der Waals surface area contributed by atoms with E-state index in [1.165, 1.54) is 0 Å². The summed E-state index contributed by atoms with van der Waals surface area (Å²) in [6.07, 6.45) is 3.38. The molecular weight excluding hydrogens is 182 g/mol. The Hall–Kier alpha value is -0.870. The van der Waals surface area contributed by atoms with Crippen molar-refractivity contribution in [2.24, 2.45) is 0 Å². The molecule has 4 heteroatoms. The average molecular weight is 199 g/mol. The van der Waals surface area contributed by atoms with E-state index < -0.39 is 5.97 Å². The predicted octanol–water partition coefficient (Wildman–Crippen LogP) is 0.784. The van der Waals surface area contributed by atoms with Crippen LogP contribution < -0.4 is 5.32 Å². The molecule has 4 nitrogen and oxygen atoms in total. The van der Waals surface area contributed by atoms with Crippen molar-refractivity contribution in [3.8, 4) is 0 Å². The second kappa shape index (κ2) is 5.12. The van der Waals surface area contributed by atoms with Crippen molar-refractivity contribution < 1.29 is 14.6 Å². The largest absolute Gasteiger partial charge is 0.478 e. The standard InChI is InChI=1S/C10H17NO3/c1-7(10(12)13)6-11-8-3-4-9(5-8)14-2/h8-9,11H,1,3-6H2,2H3,(H,12,13). The molecule has 2 N–H and O–H groups in total. The molecule has 0 aromatic rings. The van der Waals surface area contributed by atoms with Crippen molar-refractivity contribution in [2.45, 2.75) is 31.4 Å². The zero-order chi connectivity index (χ0) is 10.6. The molecule has 0 heterocycles. The summed E-state index contributed by atoms with van der Waals surface area (Å²) >= 11 is 0. The first-order valence-electron chi connectivity index (χ1n) is 4.80. The van der Waals surface area contributed by atoms with Crippen molar-refractivity contribution in [3.05, 3.63) is 12.2 Å². The van der Waals surface area contributed by atoms with Gasteiger partial charge in [0.15, 0.2) is 0 Å². The van der Waals surface area contributed by atoms with Crippen LogP contribution in [-0.2, 0) is 9.53 Å². The second-order valence-corrected chi connectivity index (χ2v) is 3.66. The minimum absolute atomic E-state index is 0.214. The number of carboxylic acid groups (broad SMARTS) is 1. The van der Waals surface area contributed by atoms with Crippen LogP contribution in [0.4, 0.5) is 0 Å². The zero-order valence-electron chi connectivity index (χ0n) is 8.45. The summed E-state index contributed by atoms with van der Waals surface area (Å²) in [6.45, 7) is 3.82. The lowest BCUT2D eigenvalue weighted by atomic mass is 10.2. The molecule has 2 atom stereocenters. The number of aliphatic carboxylic acids is 1. The number of nitrogens with one attached hydrogen (secondary N) is 1. The third kappa shape index (κ3) is 3.12. The predicted molar refractivity (Wildman–Crippen MR) is 53.2 cm³/mol. The van der Waals surface area contributed by atoms with Gasteiger partial charge < -0.3 is 15.2 Å². The number of carbonyl (C=O) groups is 1. The smallest absolute Gasteiger partial charge is 0.332 e. The zero-order valence-corrected chi connectivity index (χ0v) is 8.45. The minimum atomic E-state index is -0.932. The molecule has 14 heavy (non-hydrogen) atoms. The van der Waals surface area contributed by atoms with Gasteiger partial charge >= 0.3 is 5.97 Å². The maximum absolute atomic E-state index is 10.5. The van der Waals surface area contributed by atoms with E-state index in [1.54, 1.807) is 7.11 Å². The molecule has 0 saturated heterocycles. The van der Waals surface area contributed by atoms with Gasteiger partial charge in [0.05, 0.1) is 6.10 Å². The molecule has 2 unspecified atom stereocenters. The Morgan fingerprint density at radius 3 is 2.86 bits per heavy atom. The van der Waals surface area contributed by atoms with Gasteiger partial charge in [-0.2, -0.15) is 0 Å². The van der Waals surface area contributed by atoms with Crippen LogP contribution in [-0.4, -0.2) is 36.9 Å². The molecular formula is C10H17NO3.